The molecule has 0 amide bonds. The highest BCUT2D eigenvalue weighted by Crippen LogP contribution is 2.48. The summed E-state index contributed by atoms with van der Waals surface area (Å²) in [6.07, 6.45) is 1.92. The summed E-state index contributed by atoms with van der Waals surface area (Å²) in [5.74, 6) is 0. The van der Waals surface area contributed by atoms with Gasteiger partial charge in [0.15, 0.2) is 0 Å². The van der Waals surface area contributed by atoms with E-state index in [9.17, 15) is 0 Å². The Morgan fingerprint density at radius 3 is 2.67 bits per heavy atom. The number of ether oxygens (including phenoxy) is 2. The molecule has 0 unspecified atom stereocenters. The highest BCUT2D eigenvalue weighted by molar-refractivity contribution is 5.83. The summed E-state index contributed by atoms with van der Waals surface area (Å²) in [6, 6.07) is 23.8. The van der Waals surface area contributed by atoms with Crippen molar-refractivity contribution < 1.29 is 9.47 Å². The average Bonchev–Trinajstić information content (AvgIpc) is 3.00. The third-order valence-corrected chi connectivity index (χ3v) is 5.50. The Kier molecular flexibility index (Phi) is 3.22. The van der Waals surface area contributed by atoms with E-state index in [1.165, 1.54) is 27.5 Å². The Balaban J connectivity index is 1.51. The van der Waals surface area contributed by atoms with Crippen LogP contribution in [0.4, 0.5) is 0 Å². The van der Waals surface area contributed by atoms with Gasteiger partial charge in [-0.3, -0.25) is 0 Å². The lowest BCUT2D eigenvalue weighted by Gasteiger charge is -2.38. The zero-order chi connectivity index (χ0) is 16.0. The normalized spacial score (nSPS) is 25.9. The molecule has 2 atom stereocenters. The lowest BCUT2D eigenvalue weighted by atomic mass is 9.81. The largest absolute Gasteiger partial charge is 0.373 e. The van der Waals surface area contributed by atoms with E-state index in [0.29, 0.717) is 0 Å². The summed E-state index contributed by atoms with van der Waals surface area (Å²) in [5, 5.41) is 2.54. The van der Waals surface area contributed by atoms with Gasteiger partial charge in [-0.25, -0.2) is 0 Å². The van der Waals surface area contributed by atoms with Gasteiger partial charge in [-0.15, -0.1) is 0 Å². The summed E-state index contributed by atoms with van der Waals surface area (Å²) < 4.78 is 12.4. The minimum Gasteiger partial charge on any atom is -0.373 e. The predicted molar refractivity (Wildman–Crippen MR) is 94.8 cm³/mol. The van der Waals surface area contributed by atoms with E-state index in [1.54, 1.807) is 0 Å². The number of benzene rings is 3. The molecule has 0 bridgehead atoms. The zero-order valence-corrected chi connectivity index (χ0v) is 13.6. The smallest absolute Gasteiger partial charge is 0.0989 e. The van der Waals surface area contributed by atoms with Crippen LogP contribution in [0.5, 0.6) is 0 Å². The molecule has 24 heavy (non-hydrogen) atoms. The van der Waals surface area contributed by atoms with Crippen molar-refractivity contribution >= 4 is 10.8 Å². The number of hydrogen-bond acceptors (Lipinski definition) is 2. The maximum atomic E-state index is 6.31. The van der Waals surface area contributed by atoms with Gasteiger partial charge in [0.05, 0.1) is 24.9 Å². The Morgan fingerprint density at radius 2 is 1.71 bits per heavy atom. The van der Waals surface area contributed by atoms with Crippen molar-refractivity contribution in [3.05, 3.63) is 83.4 Å². The topological polar surface area (TPSA) is 18.5 Å². The van der Waals surface area contributed by atoms with Crippen molar-refractivity contribution in [2.45, 2.75) is 31.2 Å². The third kappa shape index (κ3) is 2.18. The fraction of sp³-hybridized carbons (Fsp3) is 0.273. The van der Waals surface area contributed by atoms with E-state index < -0.39 is 0 Å². The van der Waals surface area contributed by atoms with Gasteiger partial charge in [-0.1, -0.05) is 60.7 Å². The van der Waals surface area contributed by atoms with Gasteiger partial charge >= 0.3 is 0 Å². The molecule has 5 rings (SSSR count). The molecular weight excluding hydrogens is 296 g/mol. The van der Waals surface area contributed by atoms with Crippen LogP contribution in [0.1, 0.15) is 35.6 Å². The standard InChI is InChI=1S/C22H20O2/c1-2-6-17-13-18(10-9-16(17)5-1)21-14-22(11-12-23-21)20-8-4-3-7-19(20)15-24-22/h1-10,13,21H,11-12,14-15H2/t21-,22-/m0/s1. The second-order valence-corrected chi connectivity index (χ2v) is 6.86. The molecule has 2 aliphatic heterocycles. The molecule has 3 aromatic carbocycles. The van der Waals surface area contributed by atoms with E-state index in [-0.39, 0.29) is 11.7 Å². The van der Waals surface area contributed by atoms with Crippen LogP contribution in [0.25, 0.3) is 10.8 Å². The van der Waals surface area contributed by atoms with Gasteiger partial charge in [0.2, 0.25) is 0 Å². The van der Waals surface area contributed by atoms with Crippen LogP contribution in [-0.4, -0.2) is 6.61 Å². The highest BCUT2D eigenvalue weighted by atomic mass is 16.5. The Labute approximate surface area is 142 Å². The maximum Gasteiger partial charge on any atom is 0.0989 e. The summed E-state index contributed by atoms with van der Waals surface area (Å²) in [4.78, 5) is 0. The molecule has 0 saturated carbocycles. The van der Waals surface area contributed by atoms with Crippen molar-refractivity contribution in [2.24, 2.45) is 0 Å². The molecule has 1 saturated heterocycles. The summed E-state index contributed by atoms with van der Waals surface area (Å²) in [5.41, 5.74) is 3.77. The van der Waals surface area contributed by atoms with Gasteiger partial charge in [-0.2, -0.15) is 0 Å². The molecule has 2 heteroatoms. The maximum absolute atomic E-state index is 6.31. The van der Waals surface area contributed by atoms with Crippen molar-refractivity contribution in [2.75, 3.05) is 6.61 Å². The van der Waals surface area contributed by atoms with E-state index in [2.05, 4.69) is 66.7 Å². The second kappa shape index (κ2) is 5.44. The number of hydrogen-bond donors (Lipinski definition) is 0. The zero-order valence-electron chi connectivity index (χ0n) is 13.6. The summed E-state index contributed by atoms with van der Waals surface area (Å²) >= 11 is 0. The van der Waals surface area contributed by atoms with Gasteiger partial charge in [0, 0.05) is 12.8 Å². The van der Waals surface area contributed by atoms with Crippen LogP contribution >= 0.6 is 0 Å². The Hall–Kier alpha value is -2.16. The fourth-order valence-corrected chi connectivity index (χ4v) is 4.21. The molecule has 120 valence electrons. The molecule has 3 aromatic rings. The first-order chi connectivity index (χ1) is 11.8. The van der Waals surface area contributed by atoms with Crippen LogP contribution in [-0.2, 0) is 21.7 Å². The average molecular weight is 316 g/mol. The molecule has 2 heterocycles. The molecule has 2 aliphatic rings. The van der Waals surface area contributed by atoms with E-state index in [0.717, 1.165) is 26.1 Å². The van der Waals surface area contributed by atoms with Crippen molar-refractivity contribution in [3.8, 4) is 0 Å². The molecule has 2 nitrogen and oxygen atoms in total. The van der Waals surface area contributed by atoms with Crippen LogP contribution in [0, 0.1) is 0 Å². The fourth-order valence-electron chi connectivity index (χ4n) is 4.21. The van der Waals surface area contributed by atoms with Gasteiger partial charge in [0.1, 0.15) is 0 Å². The molecule has 0 N–H and O–H groups in total. The minimum atomic E-state index is -0.175. The molecule has 1 spiro atoms. The van der Waals surface area contributed by atoms with Crippen molar-refractivity contribution in [1.29, 1.82) is 0 Å². The number of rotatable bonds is 1. The molecule has 0 radical (unpaired) electrons. The number of fused-ring (bicyclic) bond motifs is 3. The first kappa shape index (κ1) is 14.2. The van der Waals surface area contributed by atoms with E-state index in [4.69, 9.17) is 9.47 Å². The van der Waals surface area contributed by atoms with Crippen LogP contribution in [0.15, 0.2) is 66.7 Å². The quantitative estimate of drug-likeness (QED) is 0.620. The highest BCUT2D eigenvalue weighted by Gasteiger charge is 2.44. The Bertz CT molecular complexity index is 897. The minimum absolute atomic E-state index is 0.0921. The SMILES string of the molecule is c1ccc2c(c1)CO[C@]21CCO[C@H](c2ccc3ccccc3c2)C1. The third-order valence-electron chi connectivity index (χ3n) is 5.50. The Morgan fingerprint density at radius 1 is 0.875 bits per heavy atom. The molecule has 0 aromatic heterocycles. The van der Waals surface area contributed by atoms with Crippen molar-refractivity contribution in [3.63, 3.8) is 0 Å². The molecular formula is C22H20O2. The second-order valence-electron chi connectivity index (χ2n) is 6.86. The van der Waals surface area contributed by atoms with Crippen LogP contribution < -0.4 is 0 Å². The first-order valence-electron chi connectivity index (χ1n) is 8.67. The van der Waals surface area contributed by atoms with Crippen LogP contribution in [0.2, 0.25) is 0 Å². The summed E-state index contributed by atoms with van der Waals surface area (Å²) in [6.45, 7) is 1.46. The van der Waals surface area contributed by atoms with E-state index >= 15 is 0 Å². The lowest BCUT2D eigenvalue weighted by Crippen LogP contribution is -2.35. The first-order valence-corrected chi connectivity index (χ1v) is 8.67. The summed E-state index contributed by atoms with van der Waals surface area (Å²) in [7, 11) is 0. The molecule has 0 aliphatic carbocycles. The van der Waals surface area contributed by atoms with Gasteiger partial charge in [-0.05, 0) is 33.5 Å². The monoisotopic (exact) mass is 316 g/mol. The van der Waals surface area contributed by atoms with Gasteiger partial charge in [0.25, 0.3) is 0 Å². The van der Waals surface area contributed by atoms with E-state index in [1.807, 2.05) is 0 Å². The van der Waals surface area contributed by atoms with Gasteiger partial charge < -0.3 is 9.47 Å². The van der Waals surface area contributed by atoms with Crippen molar-refractivity contribution in [1.82, 2.24) is 0 Å². The van der Waals surface area contributed by atoms with Crippen LogP contribution in [0.3, 0.4) is 0 Å². The lowest BCUT2D eigenvalue weighted by molar-refractivity contribution is -0.138. The molecule has 1 fully saturated rings. The predicted octanol–water partition coefficient (Wildman–Crippen LogP) is 5.12.